The third-order valence-electron chi connectivity index (χ3n) is 2.96. The second-order valence-electron chi connectivity index (χ2n) is 4.22. The molecule has 108 valence electrons. The average molecular weight is 386 g/mol. The highest BCUT2D eigenvalue weighted by atomic mass is 79.9. The van der Waals surface area contributed by atoms with Crippen LogP contribution in [0.25, 0.3) is 21.7 Å². The van der Waals surface area contributed by atoms with Gasteiger partial charge in [-0.2, -0.15) is 0 Å². The quantitative estimate of drug-likeness (QED) is 0.683. The van der Waals surface area contributed by atoms with Crippen molar-refractivity contribution in [3.63, 3.8) is 0 Å². The number of nitrogens with zero attached hydrogens (tertiary/aromatic N) is 1. The first kappa shape index (κ1) is 14.4. The van der Waals surface area contributed by atoms with E-state index in [2.05, 4.69) is 21.1 Å². The Hall–Kier alpha value is -1.50. The summed E-state index contributed by atoms with van der Waals surface area (Å²) >= 11 is 11.1. The lowest BCUT2D eigenvalue weighted by atomic mass is 10.0. The predicted molar refractivity (Wildman–Crippen MR) is 88.9 cm³/mol. The van der Waals surface area contributed by atoms with E-state index in [0.717, 1.165) is 14.2 Å². The summed E-state index contributed by atoms with van der Waals surface area (Å²) < 4.78 is 11.6. The Labute approximate surface area is 138 Å². The number of hydrogen-bond acceptors (Lipinski definition) is 5. The number of ether oxygens (including phenoxy) is 1. The zero-order valence-electron chi connectivity index (χ0n) is 10.9. The molecule has 0 amide bonds. The van der Waals surface area contributed by atoms with Crippen LogP contribution in [-0.2, 0) is 0 Å². The molecular weight excluding hydrogens is 376 g/mol. The molecule has 0 spiro atoms. The topological polar surface area (TPSA) is 61.3 Å². The molecule has 2 N–H and O–H groups in total. The summed E-state index contributed by atoms with van der Waals surface area (Å²) in [5.41, 5.74) is 8.06. The van der Waals surface area contributed by atoms with Crippen molar-refractivity contribution >= 4 is 44.8 Å². The Kier molecular flexibility index (Phi) is 3.93. The maximum Gasteiger partial charge on any atom is 0.230 e. The Morgan fingerprint density at radius 1 is 1.33 bits per heavy atom. The van der Waals surface area contributed by atoms with Gasteiger partial charge < -0.3 is 15.0 Å². The molecule has 21 heavy (non-hydrogen) atoms. The normalized spacial score (nSPS) is 10.8. The zero-order chi connectivity index (χ0) is 15.0. The van der Waals surface area contributed by atoms with Crippen molar-refractivity contribution in [1.29, 1.82) is 0 Å². The molecule has 0 radical (unpaired) electrons. The van der Waals surface area contributed by atoms with E-state index in [1.165, 1.54) is 0 Å². The molecule has 0 aliphatic heterocycles. The highest BCUT2D eigenvalue weighted by molar-refractivity contribution is 9.11. The fourth-order valence-electron chi connectivity index (χ4n) is 2.05. The van der Waals surface area contributed by atoms with Gasteiger partial charge in [-0.3, -0.25) is 0 Å². The molecule has 1 aromatic carbocycles. The molecular formula is C14H10BrClN2O2S. The van der Waals surface area contributed by atoms with Crippen molar-refractivity contribution in [1.82, 2.24) is 5.16 Å². The Balaban J connectivity index is 2.24. The second-order valence-corrected chi connectivity index (χ2v) is 7.12. The van der Waals surface area contributed by atoms with Gasteiger partial charge in [0.1, 0.15) is 11.4 Å². The smallest absolute Gasteiger partial charge is 0.230 e. The summed E-state index contributed by atoms with van der Waals surface area (Å²) in [6.07, 6.45) is 0. The summed E-state index contributed by atoms with van der Waals surface area (Å²) in [5.74, 6) is 0.890. The molecule has 0 fully saturated rings. The molecule has 2 aromatic heterocycles. The fourth-order valence-corrected chi connectivity index (χ4v) is 3.59. The summed E-state index contributed by atoms with van der Waals surface area (Å²) in [4.78, 5) is 0.944. The largest absolute Gasteiger partial charge is 0.496 e. The van der Waals surface area contributed by atoms with Gasteiger partial charge in [-0.25, -0.2) is 0 Å². The lowest BCUT2D eigenvalue weighted by Gasteiger charge is -2.08. The first-order valence-corrected chi connectivity index (χ1v) is 7.93. The van der Waals surface area contributed by atoms with E-state index in [9.17, 15) is 0 Å². The van der Waals surface area contributed by atoms with Gasteiger partial charge in [0.25, 0.3) is 0 Å². The molecule has 0 atom stereocenters. The maximum atomic E-state index is 6.09. The van der Waals surface area contributed by atoms with Gasteiger partial charge >= 0.3 is 0 Å². The van der Waals surface area contributed by atoms with Gasteiger partial charge in [0.15, 0.2) is 0 Å². The Morgan fingerprint density at radius 2 is 2.14 bits per heavy atom. The highest BCUT2D eigenvalue weighted by Gasteiger charge is 2.22. The maximum absolute atomic E-state index is 6.09. The van der Waals surface area contributed by atoms with Crippen LogP contribution < -0.4 is 10.5 Å². The van der Waals surface area contributed by atoms with E-state index in [1.807, 2.05) is 12.1 Å². The van der Waals surface area contributed by atoms with E-state index >= 15 is 0 Å². The van der Waals surface area contributed by atoms with Crippen molar-refractivity contribution < 1.29 is 9.26 Å². The number of nitrogens with two attached hydrogens (primary N) is 1. The van der Waals surface area contributed by atoms with Crippen LogP contribution in [0.2, 0.25) is 5.02 Å². The third-order valence-corrected chi connectivity index (χ3v) is 4.82. The van der Waals surface area contributed by atoms with Crippen molar-refractivity contribution in [3.05, 3.63) is 39.1 Å². The summed E-state index contributed by atoms with van der Waals surface area (Å²) in [5, 5.41) is 4.66. The van der Waals surface area contributed by atoms with Crippen LogP contribution in [0.3, 0.4) is 0 Å². The van der Waals surface area contributed by atoms with Gasteiger partial charge in [-0.05, 0) is 46.3 Å². The second kappa shape index (κ2) is 5.71. The van der Waals surface area contributed by atoms with Crippen LogP contribution >= 0.6 is 38.9 Å². The molecule has 7 heteroatoms. The SMILES string of the molecule is COc1ccc(Cl)cc1-c1c(-c2ccc(Br)s2)noc1N. The van der Waals surface area contributed by atoms with Gasteiger partial charge in [0, 0.05) is 10.6 Å². The fraction of sp³-hybridized carbons (Fsp3) is 0.0714. The lowest BCUT2D eigenvalue weighted by Crippen LogP contribution is -1.91. The molecule has 3 aromatic rings. The van der Waals surface area contributed by atoms with Crippen LogP contribution in [0, 0.1) is 0 Å². The number of aromatic nitrogens is 1. The lowest BCUT2D eigenvalue weighted by molar-refractivity contribution is 0.416. The van der Waals surface area contributed by atoms with Gasteiger partial charge in [-0.15, -0.1) is 11.3 Å². The number of benzene rings is 1. The standard InChI is InChI=1S/C14H10BrClN2O2S/c1-19-9-3-2-7(16)6-8(9)12-13(18-20-14(12)17)10-4-5-11(15)21-10/h2-6H,17H2,1H3. The molecule has 0 saturated heterocycles. The minimum Gasteiger partial charge on any atom is -0.496 e. The van der Waals surface area contributed by atoms with Crippen molar-refractivity contribution in [3.8, 4) is 27.4 Å². The van der Waals surface area contributed by atoms with E-state index in [0.29, 0.717) is 22.0 Å². The molecule has 4 nitrogen and oxygen atoms in total. The number of anilines is 1. The number of nitrogen functional groups attached to an aromatic ring is 1. The summed E-state index contributed by atoms with van der Waals surface area (Å²) in [6, 6.07) is 9.24. The van der Waals surface area contributed by atoms with Crippen molar-refractivity contribution in [2.75, 3.05) is 12.8 Å². The highest BCUT2D eigenvalue weighted by Crippen LogP contribution is 2.44. The number of thiophene rings is 1. The number of hydrogen-bond donors (Lipinski definition) is 1. The number of methoxy groups -OCH3 is 1. The molecule has 3 rings (SSSR count). The first-order valence-electron chi connectivity index (χ1n) is 5.95. The van der Waals surface area contributed by atoms with Gasteiger partial charge in [-0.1, -0.05) is 16.8 Å². The molecule has 0 bridgehead atoms. The Morgan fingerprint density at radius 3 is 2.81 bits per heavy atom. The predicted octanol–water partition coefficient (Wildman–Crippen LogP) is 5.08. The van der Waals surface area contributed by atoms with Crippen LogP contribution in [0.1, 0.15) is 0 Å². The molecule has 0 aliphatic rings. The average Bonchev–Trinajstić information content (AvgIpc) is 3.04. The van der Waals surface area contributed by atoms with Gasteiger partial charge in [0.05, 0.1) is 21.3 Å². The molecule has 2 heterocycles. The van der Waals surface area contributed by atoms with E-state index in [1.54, 1.807) is 36.6 Å². The van der Waals surface area contributed by atoms with E-state index in [-0.39, 0.29) is 5.88 Å². The number of halogens is 2. The van der Waals surface area contributed by atoms with Crippen molar-refractivity contribution in [2.24, 2.45) is 0 Å². The Bertz CT molecular complexity index is 800. The van der Waals surface area contributed by atoms with E-state index in [4.69, 9.17) is 26.6 Å². The van der Waals surface area contributed by atoms with Gasteiger partial charge in [0.2, 0.25) is 5.88 Å². The number of rotatable bonds is 3. The van der Waals surface area contributed by atoms with Crippen LogP contribution in [0.4, 0.5) is 5.88 Å². The molecule has 0 aliphatic carbocycles. The summed E-state index contributed by atoms with van der Waals surface area (Å²) in [6.45, 7) is 0. The molecule has 0 saturated carbocycles. The summed E-state index contributed by atoms with van der Waals surface area (Å²) in [7, 11) is 1.60. The van der Waals surface area contributed by atoms with Crippen LogP contribution in [0.15, 0.2) is 38.6 Å². The van der Waals surface area contributed by atoms with Crippen LogP contribution in [0.5, 0.6) is 5.75 Å². The minimum absolute atomic E-state index is 0.232. The zero-order valence-corrected chi connectivity index (χ0v) is 14.1. The van der Waals surface area contributed by atoms with E-state index < -0.39 is 0 Å². The first-order chi connectivity index (χ1) is 10.1. The third kappa shape index (κ3) is 2.66. The minimum atomic E-state index is 0.232. The van der Waals surface area contributed by atoms with Crippen LogP contribution in [-0.4, -0.2) is 12.3 Å². The molecule has 0 unspecified atom stereocenters. The van der Waals surface area contributed by atoms with Crippen molar-refractivity contribution in [2.45, 2.75) is 0 Å². The monoisotopic (exact) mass is 384 g/mol.